The van der Waals surface area contributed by atoms with E-state index in [4.69, 9.17) is 4.74 Å². The number of hydrogen-bond acceptors (Lipinski definition) is 6. The van der Waals surface area contributed by atoms with E-state index >= 15 is 0 Å². The van der Waals surface area contributed by atoms with Crippen molar-refractivity contribution in [3.05, 3.63) is 75.7 Å². The predicted molar refractivity (Wildman–Crippen MR) is 122 cm³/mol. The summed E-state index contributed by atoms with van der Waals surface area (Å²) < 4.78 is 32.9. The molecule has 0 fully saturated rings. The van der Waals surface area contributed by atoms with Crippen LogP contribution in [0.3, 0.4) is 0 Å². The van der Waals surface area contributed by atoms with E-state index in [9.17, 15) is 18.0 Å². The topological polar surface area (TPSA) is 102 Å². The van der Waals surface area contributed by atoms with Crippen molar-refractivity contribution >= 4 is 43.9 Å². The lowest BCUT2D eigenvalue weighted by Crippen LogP contribution is -2.19. The van der Waals surface area contributed by atoms with Crippen LogP contribution in [0.4, 0.5) is 10.7 Å². The molecule has 162 valence electrons. The van der Waals surface area contributed by atoms with E-state index in [1.807, 2.05) is 13.8 Å². The van der Waals surface area contributed by atoms with Gasteiger partial charge >= 0.3 is 5.97 Å². The molecule has 0 aliphatic rings. The molecule has 3 rings (SSSR count). The highest BCUT2D eigenvalue weighted by Crippen LogP contribution is 2.33. The number of anilines is 2. The lowest BCUT2D eigenvalue weighted by Gasteiger charge is -2.13. The Morgan fingerprint density at radius 3 is 2.26 bits per heavy atom. The van der Waals surface area contributed by atoms with E-state index in [1.165, 1.54) is 42.7 Å². The Hall–Kier alpha value is -3.17. The van der Waals surface area contributed by atoms with Crippen LogP contribution < -0.4 is 10.0 Å². The first kappa shape index (κ1) is 22.5. The number of methoxy groups -OCH3 is 1. The van der Waals surface area contributed by atoms with Crippen molar-refractivity contribution in [3.63, 3.8) is 0 Å². The first-order valence-corrected chi connectivity index (χ1v) is 11.6. The van der Waals surface area contributed by atoms with E-state index in [1.54, 1.807) is 31.2 Å². The number of benzene rings is 2. The second-order valence-electron chi connectivity index (χ2n) is 6.90. The van der Waals surface area contributed by atoms with Crippen molar-refractivity contribution in [2.75, 3.05) is 17.1 Å². The second-order valence-corrected chi connectivity index (χ2v) is 9.80. The molecule has 1 heterocycles. The van der Waals surface area contributed by atoms with Crippen LogP contribution >= 0.6 is 11.3 Å². The van der Waals surface area contributed by atoms with Gasteiger partial charge in [0.15, 0.2) is 0 Å². The summed E-state index contributed by atoms with van der Waals surface area (Å²) >= 11 is 1.25. The molecule has 7 nitrogen and oxygen atoms in total. The molecule has 31 heavy (non-hydrogen) atoms. The molecule has 2 aromatic carbocycles. The number of rotatable bonds is 6. The minimum Gasteiger partial charge on any atom is -0.465 e. The second kappa shape index (κ2) is 8.91. The number of thiophene rings is 1. The van der Waals surface area contributed by atoms with Crippen LogP contribution in [0.1, 0.15) is 36.7 Å². The number of amides is 1. The summed E-state index contributed by atoms with van der Waals surface area (Å²) in [5, 5.41) is 3.07. The van der Waals surface area contributed by atoms with Crippen molar-refractivity contribution in [3.8, 4) is 0 Å². The van der Waals surface area contributed by atoms with Gasteiger partial charge in [0, 0.05) is 4.88 Å². The Labute approximate surface area is 185 Å². The van der Waals surface area contributed by atoms with Crippen LogP contribution in [0.15, 0.2) is 53.4 Å². The Bertz CT molecular complexity index is 1250. The molecular formula is C22H22N2O5S2. The molecule has 0 atom stereocenters. The van der Waals surface area contributed by atoms with Crippen molar-refractivity contribution < 1.29 is 22.7 Å². The summed E-state index contributed by atoms with van der Waals surface area (Å²) in [6.45, 7) is 5.48. The summed E-state index contributed by atoms with van der Waals surface area (Å²) in [6, 6.07) is 12.7. The van der Waals surface area contributed by atoms with Crippen molar-refractivity contribution in [2.45, 2.75) is 25.7 Å². The van der Waals surface area contributed by atoms with Gasteiger partial charge in [-0.3, -0.25) is 9.52 Å². The van der Waals surface area contributed by atoms with Gasteiger partial charge in [-0.25, -0.2) is 13.2 Å². The van der Waals surface area contributed by atoms with E-state index in [0.29, 0.717) is 5.00 Å². The molecule has 2 N–H and O–H groups in total. The summed E-state index contributed by atoms with van der Waals surface area (Å²) in [5.41, 5.74) is 2.20. The summed E-state index contributed by atoms with van der Waals surface area (Å²) in [7, 11) is -2.62. The highest BCUT2D eigenvalue weighted by molar-refractivity contribution is 7.92. The van der Waals surface area contributed by atoms with Gasteiger partial charge in [-0.15, -0.1) is 11.3 Å². The SMILES string of the molecule is COC(=O)c1c(NC(=O)c2ccccc2NS(=O)(=O)c2ccc(C)cc2)sc(C)c1C. The fourth-order valence-electron chi connectivity index (χ4n) is 2.92. The molecule has 0 unspecified atom stereocenters. The number of carbonyl (C=O) groups excluding carboxylic acids is 2. The summed E-state index contributed by atoms with van der Waals surface area (Å²) in [4.78, 5) is 26.1. The van der Waals surface area contributed by atoms with Crippen LogP contribution in [0.2, 0.25) is 0 Å². The molecule has 0 radical (unpaired) electrons. The van der Waals surface area contributed by atoms with E-state index in [0.717, 1.165) is 16.0 Å². The van der Waals surface area contributed by atoms with Gasteiger partial charge in [0.25, 0.3) is 15.9 Å². The lowest BCUT2D eigenvalue weighted by molar-refractivity contribution is 0.0601. The molecule has 0 saturated heterocycles. The van der Waals surface area contributed by atoms with Gasteiger partial charge in [-0.05, 0) is 50.6 Å². The average Bonchev–Trinajstić information content (AvgIpc) is 3.01. The van der Waals surface area contributed by atoms with E-state index in [-0.39, 0.29) is 21.7 Å². The van der Waals surface area contributed by atoms with Gasteiger partial charge in [-0.1, -0.05) is 29.8 Å². The van der Waals surface area contributed by atoms with Crippen LogP contribution in [0.5, 0.6) is 0 Å². The molecule has 9 heteroatoms. The number of nitrogens with one attached hydrogen (secondary N) is 2. The normalized spacial score (nSPS) is 11.1. The summed E-state index contributed by atoms with van der Waals surface area (Å²) in [6.07, 6.45) is 0. The van der Waals surface area contributed by atoms with Gasteiger partial charge < -0.3 is 10.1 Å². The molecule has 0 saturated carbocycles. The van der Waals surface area contributed by atoms with Crippen LogP contribution in [0, 0.1) is 20.8 Å². The molecule has 1 aromatic heterocycles. The number of ether oxygens (including phenoxy) is 1. The van der Waals surface area contributed by atoms with Crippen molar-refractivity contribution in [2.24, 2.45) is 0 Å². The van der Waals surface area contributed by atoms with E-state index in [2.05, 4.69) is 10.0 Å². The number of aryl methyl sites for hydroxylation is 2. The fraction of sp³-hybridized carbons (Fsp3) is 0.182. The molecule has 0 bridgehead atoms. The number of hydrogen-bond donors (Lipinski definition) is 2. The Balaban J connectivity index is 1.92. The van der Waals surface area contributed by atoms with Gasteiger partial charge in [0.05, 0.1) is 28.8 Å². The number of sulfonamides is 1. The Kier molecular flexibility index (Phi) is 6.47. The first-order valence-electron chi connectivity index (χ1n) is 9.32. The molecule has 3 aromatic rings. The van der Waals surface area contributed by atoms with Gasteiger partial charge in [-0.2, -0.15) is 0 Å². The lowest BCUT2D eigenvalue weighted by atomic mass is 10.1. The van der Waals surface area contributed by atoms with Crippen LogP contribution in [0.25, 0.3) is 0 Å². The van der Waals surface area contributed by atoms with Gasteiger partial charge in [0.2, 0.25) is 0 Å². The minimum absolute atomic E-state index is 0.0887. The maximum atomic E-state index is 13.0. The number of para-hydroxylation sites is 1. The van der Waals surface area contributed by atoms with E-state index < -0.39 is 21.9 Å². The average molecular weight is 459 g/mol. The smallest absolute Gasteiger partial charge is 0.341 e. The highest BCUT2D eigenvalue weighted by Gasteiger charge is 2.24. The quantitative estimate of drug-likeness (QED) is 0.529. The largest absolute Gasteiger partial charge is 0.465 e. The molecular weight excluding hydrogens is 436 g/mol. The van der Waals surface area contributed by atoms with Crippen LogP contribution in [-0.4, -0.2) is 27.4 Å². The molecule has 1 amide bonds. The third-order valence-corrected chi connectivity index (χ3v) is 7.25. The van der Waals surface area contributed by atoms with Gasteiger partial charge in [0.1, 0.15) is 5.00 Å². The zero-order chi connectivity index (χ0) is 22.8. The minimum atomic E-state index is -3.89. The number of carbonyl (C=O) groups is 2. The Morgan fingerprint density at radius 1 is 0.968 bits per heavy atom. The third kappa shape index (κ3) is 4.78. The number of esters is 1. The highest BCUT2D eigenvalue weighted by atomic mass is 32.2. The first-order chi connectivity index (χ1) is 14.6. The van der Waals surface area contributed by atoms with Crippen molar-refractivity contribution in [1.82, 2.24) is 0 Å². The maximum Gasteiger partial charge on any atom is 0.341 e. The molecule has 0 aliphatic heterocycles. The standard InChI is InChI=1S/C22H22N2O5S2/c1-13-9-11-16(12-10-13)31(27,28)24-18-8-6-5-7-17(18)20(25)23-21-19(22(26)29-4)14(2)15(3)30-21/h5-12,24H,1-4H3,(H,23,25). The monoisotopic (exact) mass is 458 g/mol. The van der Waals surface area contributed by atoms with Crippen LogP contribution in [-0.2, 0) is 14.8 Å². The molecule has 0 aliphatic carbocycles. The fourth-order valence-corrected chi connectivity index (χ4v) is 5.05. The predicted octanol–water partition coefficient (Wildman–Crippen LogP) is 4.51. The van der Waals surface area contributed by atoms with Crippen molar-refractivity contribution in [1.29, 1.82) is 0 Å². The maximum absolute atomic E-state index is 13.0. The zero-order valence-corrected chi connectivity index (χ0v) is 19.1. The Morgan fingerprint density at radius 2 is 1.61 bits per heavy atom. The summed E-state index contributed by atoms with van der Waals surface area (Å²) in [5.74, 6) is -1.10. The zero-order valence-electron chi connectivity index (χ0n) is 17.5. The molecule has 0 spiro atoms. The third-order valence-electron chi connectivity index (χ3n) is 4.75.